The summed E-state index contributed by atoms with van der Waals surface area (Å²) >= 11 is 0. The summed E-state index contributed by atoms with van der Waals surface area (Å²) < 4.78 is 9.95. The fraction of sp³-hybridized carbons (Fsp3) is 0.0667. The van der Waals surface area contributed by atoms with Crippen LogP contribution < -0.4 is 0 Å². The smallest absolute Gasteiger partial charge is 0.349 e. The third-order valence-corrected chi connectivity index (χ3v) is 2.58. The molecule has 0 spiro atoms. The van der Waals surface area contributed by atoms with Crippen LogP contribution in [0.15, 0.2) is 58.7 Å². The van der Waals surface area contributed by atoms with E-state index in [9.17, 15) is 10.1 Å². The molecule has 19 heavy (non-hydrogen) atoms. The van der Waals surface area contributed by atoms with Crippen molar-refractivity contribution in [2.24, 2.45) is 0 Å². The van der Waals surface area contributed by atoms with Gasteiger partial charge in [0.25, 0.3) is 0 Å². The lowest BCUT2D eigenvalue weighted by Gasteiger charge is -2.07. The number of carbonyl (C=O) groups is 1. The number of hydrogen-bond acceptors (Lipinski definition) is 4. The lowest BCUT2D eigenvalue weighted by atomic mass is 9.98. The van der Waals surface area contributed by atoms with Crippen LogP contribution >= 0.6 is 0 Å². The van der Waals surface area contributed by atoms with Gasteiger partial charge in [-0.15, -0.1) is 0 Å². The van der Waals surface area contributed by atoms with E-state index in [4.69, 9.17) is 4.42 Å². The van der Waals surface area contributed by atoms with Crippen LogP contribution in [0.1, 0.15) is 11.3 Å². The van der Waals surface area contributed by atoms with Crippen LogP contribution in [0.2, 0.25) is 0 Å². The maximum atomic E-state index is 11.7. The Morgan fingerprint density at radius 2 is 1.95 bits per heavy atom. The van der Waals surface area contributed by atoms with Crippen molar-refractivity contribution in [3.05, 3.63) is 65.6 Å². The summed E-state index contributed by atoms with van der Waals surface area (Å²) in [6.07, 6.45) is 1.49. The lowest BCUT2D eigenvalue weighted by molar-refractivity contribution is -0.135. The predicted octanol–water partition coefficient (Wildman–Crippen LogP) is 2.78. The molecule has 1 aromatic heterocycles. The molecule has 94 valence electrons. The van der Waals surface area contributed by atoms with E-state index in [-0.39, 0.29) is 5.57 Å². The van der Waals surface area contributed by atoms with E-state index < -0.39 is 5.97 Å². The molecule has 0 radical (unpaired) electrons. The molecule has 0 N–H and O–H groups in total. The molecule has 0 fully saturated rings. The van der Waals surface area contributed by atoms with Crippen LogP contribution in [0.4, 0.5) is 0 Å². The Balaban J connectivity index is 2.69. The molecule has 0 bridgehead atoms. The summed E-state index contributed by atoms with van der Waals surface area (Å²) in [5.74, 6) is -0.231. The zero-order valence-electron chi connectivity index (χ0n) is 10.3. The number of carbonyl (C=O) groups excluding carboxylic acids is 1. The largest absolute Gasteiger partial charge is 0.465 e. The van der Waals surface area contributed by atoms with Crippen LogP contribution in [0.5, 0.6) is 0 Å². The number of esters is 1. The van der Waals surface area contributed by atoms with Gasteiger partial charge in [-0.1, -0.05) is 30.3 Å². The van der Waals surface area contributed by atoms with Crippen LogP contribution in [0.25, 0.3) is 5.57 Å². The predicted molar refractivity (Wildman–Crippen MR) is 68.8 cm³/mol. The van der Waals surface area contributed by atoms with Gasteiger partial charge in [-0.25, -0.2) is 4.79 Å². The lowest BCUT2D eigenvalue weighted by Crippen LogP contribution is -2.06. The van der Waals surface area contributed by atoms with Crippen molar-refractivity contribution in [3.8, 4) is 6.07 Å². The van der Waals surface area contributed by atoms with Crippen molar-refractivity contribution in [2.45, 2.75) is 0 Å². The number of hydrogen-bond donors (Lipinski definition) is 0. The zero-order valence-corrected chi connectivity index (χ0v) is 10.3. The summed E-state index contributed by atoms with van der Waals surface area (Å²) in [5.41, 5.74) is 1.07. The number of rotatable bonds is 3. The maximum absolute atomic E-state index is 11.7. The van der Waals surface area contributed by atoms with E-state index in [1.165, 1.54) is 13.4 Å². The number of ether oxygens (including phenoxy) is 1. The monoisotopic (exact) mass is 253 g/mol. The number of nitriles is 1. The molecule has 0 saturated carbocycles. The third kappa shape index (κ3) is 2.55. The number of benzene rings is 1. The maximum Gasteiger partial charge on any atom is 0.349 e. The van der Waals surface area contributed by atoms with E-state index in [0.717, 1.165) is 5.56 Å². The van der Waals surface area contributed by atoms with Gasteiger partial charge in [0.05, 0.1) is 13.4 Å². The first-order chi connectivity index (χ1) is 9.27. The van der Waals surface area contributed by atoms with Crippen molar-refractivity contribution in [1.82, 2.24) is 0 Å². The van der Waals surface area contributed by atoms with E-state index in [1.54, 1.807) is 24.3 Å². The summed E-state index contributed by atoms with van der Waals surface area (Å²) in [6, 6.07) is 14.4. The highest BCUT2D eigenvalue weighted by Crippen LogP contribution is 2.27. The number of furan rings is 1. The summed E-state index contributed by atoms with van der Waals surface area (Å²) in [5, 5.41) is 9.21. The molecular weight excluding hydrogens is 242 g/mol. The van der Waals surface area contributed by atoms with Gasteiger partial charge in [-0.2, -0.15) is 5.26 Å². The first-order valence-corrected chi connectivity index (χ1v) is 5.60. The summed E-state index contributed by atoms with van der Waals surface area (Å²) in [6.45, 7) is 0. The van der Waals surface area contributed by atoms with Crippen molar-refractivity contribution < 1.29 is 13.9 Å². The molecule has 0 aliphatic heterocycles. The normalized spacial score (nSPS) is 11.4. The molecule has 4 nitrogen and oxygen atoms in total. The minimum atomic E-state index is -0.683. The molecule has 0 amide bonds. The zero-order chi connectivity index (χ0) is 13.7. The van der Waals surface area contributed by atoms with Crippen molar-refractivity contribution >= 4 is 11.5 Å². The SMILES string of the molecule is COC(=O)C(C#N)=C(c1ccccc1)c1ccco1. The second kappa shape index (κ2) is 5.69. The van der Waals surface area contributed by atoms with Crippen LogP contribution in [0, 0.1) is 11.3 Å². The van der Waals surface area contributed by atoms with Crippen molar-refractivity contribution in [1.29, 1.82) is 5.26 Å². The first-order valence-electron chi connectivity index (χ1n) is 5.60. The van der Waals surface area contributed by atoms with Crippen molar-refractivity contribution in [2.75, 3.05) is 7.11 Å². The van der Waals surface area contributed by atoms with E-state index in [1.807, 2.05) is 24.3 Å². The molecule has 1 heterocycles. The molecule has 2 rings (SSSR count). The Hall–Kier alpha value is -2.80. The summed E-state index contributed by atoms with van der Waals surface area (Å²) in [4.78, 5) is 11.7. The van der Waals surface area contributed by atoms with Gasteiger partial charge >= 0.3 is 5.97 Å². The van der Waals surface area contributed by atoms with E-state index in [0.29, 0.717) is 11.3 Å². The molecule has 0 saturated heterocycles. The molecule has 1 aromatic carbocycles. The number of nitrogens with zero attached hydrogens (tertiary/aromatic N) is 1. The van der Waals surface area contributed by atoms with Gasteiger partial charge in [0, 0.05) is 5.57 Å². The van der Waals surface area contributed by atoms with E-state index >= 15 is 0 Å². The minimum Gasteiger partial charge on any atom is -0.465 e. The quantitative estimate of drug-likeness (QED) is 0.479. The minimum absolute atomic E-state index is 0.0800. The highest BCUT2D eigenvalue weighted by atomic mass is 16.5. The highest BCUT2D eigenvalue weighted by molar-refractivity contribution is 6.04. The molecule has 0 atom stereocenters. The van der Waals surface area contributed by atoms with Gasteiger partial charge in [0.2, 0.25) is 0 Å². The fourth-order valence-electron chi connectivity index (χ4n) is 1.74. The van der Waals surface area contributed by atoms with Crippen molar-refractivity contribution in [3.63, 3.8) is 0 Å². The Morgan fingerprint density at radius 1 is 1.21 bits per heavy atom. The Kier molecular flexibility index (Phi) is 3.79. The Bertz CT molecular complexity index is 634. The highest BCUT2D eigenvalue weighted by Gasteiger charge is 2.20. The first kappa shape index (κ1) is 12.7. The topological polar surface area (TPSA) is 63.2 Å². The van der Waals surface area contributed by atoms with Gasteiger partial charge in [0.15, 0.2) is 0 Å². The summed E-state index contributed by atoms with van der Waals surface area (Å²) in [7, 11) is 1.24. The molecular formula is C15H11NO3. The van der Waals surface area contributed by atoms with Crippen LogP contribution in [-0.4, -0.2) is 13.1 Å². The second-order valence-electron chi connectivity index (χ2n) is 3.70. The molecule has 0 aliphatic carbocycles. The number of methoxy groups -OCH3 is 1. The fourth-order valence-corrected chi connectivity index (χ4v) is 1.74. The Morgan fingerprint density at radius 3 is 2.47 bits per heavy atom. The van der Waals surface area contributed by atoms with Gasteiger partial charge < -0.3 is 9.15 Å². The van der Waals surface area contributed by atoms with Gasteiger partial charge in [0.1, 0.15) is 17.4 Å². The second-order valence-corrected chi connectivity index (χ2v) is 3.70. The molecule has 0 unspecified atom stereocenters. The molecule has 2 aromatic rings. The Labute approximate surface area is 110 Å². The van der Waals surface area contributed by atoms with E-state index in [2.05, 4.69) is 4.74 Å². The third-order valence-electron chi connectivity index (χ3n) is 2.58. The van der Waals surface area contributed by atoms with Crippen LogP contribution in [0.3, 0.4) is 0 Å². The van der Waals surface area contributed by atoms with Crippen LogP contribution in [-0.2, 0) is 9.53 Å². The van der Waals surface area contributed by atoms with Gasteiger partial charge in [-0.3, -0.25) is 0 Å². The standard InChI is InChI=1S/C15H11NO3/c1-18-15(17)12(10-16)14(13-8-5-9-19-13)11-6-3-2-4-7-11/h2-9H,1H3. The molecule has 0 aliphatic rings. The molecule has 4 heteroatoms. The average molecular weight is 253 g/mol. The van der Waals surface area contributed by atoms with Gasteiger partial charge in [-0.05, 0) is 17.7 Å². The average Bonchev–Trinajstić information content (AvgIpc) is 2.98.